The van der Waals surface area contributed by atoms with Gasteiger partial charge in [0.15, 0.2) is 22.5 Å². The number of pyridine rings is 1. The van der Waals surface area contributed by atoms with E-state index in [4.69, 9.17) is 26.4 Å². The molecule has 9 nitrogen and oxygen atoms in total. The Labute approximate surface area is 292 Å². The van der Waals surface area contributed by atoms with Crippen molar-refractivity contribution in [1.29, 1.82) is 5.26 Å². The first kappa shape index (κ1) is 36.2. The van der Waals surface area contributed by atoms with Gasteiger partial charge in [-0.2, -0.15) is 5.26 Å². The Balaban J connectivity index is 1.45. The minimum absolute atomic E-state index is 0.0475. The summed E-state index contributed by atoms with van der Waals surface area (Å²) in [6.45, 7) is 11.9. The summed E-state index contributed by atoms with van der Waals surface area (Å²) < 4.78 is 50.7. The zero-order chi connectivity index (χ0) is 35.3. The van der Waals surface area contributed by atoms with Gasteiger partial charge in [-0.3, -0.25) is 0 Å². The number of ether oxygens (including phenoxy) is 3. The lowest BCUT2D eigenvalue weighted by Crippen LogP contribution is -2.34. The van der Waals surface area contributed by atoms with E-state index in [-0.39, 0.29) is 41.9 Å². The van der Waals surface area contributed by atoms with Crippen molar-refractivity contribution in [3.63, 3.8) is 0 Å². The van der Waals surface area contributed by atoms with Gasteiger partial charge in [0.1, 0.15) is 29.9 Å². The predicted octanol–water partition coefficient (Wildman–Crippen LogP) is 8.05. The second-order valence-electron chi connectivity index (χ2n) is 13.8. The predicted molar refractivity (Wildman–Crippen MR) is 194 cm³/mol. The molecule has 2 aromatic carbocycles. The molecular weight excluding hydrogens is 665 g/mol. The molecule has 0 spiro atoms. The number of nitrogens with zero attached hydrogens (tertiary/aromatic N) is 3. The first-order chi connectivity index (χ1) is 23.4. The third kappa shape index (κ3) is 9.33. The lowest BCUT2D eigenvalue weighted by atomic mass is 10.0. The van der Waals surface area contributed by atoms with Crippen LogP contribution in [-0.2, 0) is 11.5 Å². The molecule has 4 aromatic rings. The van der Waals surface area contributed by atoms with Gasteiger partial charge in [0.05, 0.1) is 17.1 Å². The average molecular weight is 708 g/mol. The van der Waals surface area contributed by atoms with E-state index in [0.29, 0.717) is 52.5 Å². The minimum Gasteiger partial charge on any atom is -0.490 e. The van der Waals surface area contributed by atoms with Crippen LogP contribution in [0.3, 0.4) is 0 Å². The van der Waals surface area contributed by atoms with Crippen molar-refractivity contribution in [2.24, 2.45) is 11.8 Å². The van der Waals surface area contributed by atoms with E-state index < -0.39 is 25.5 Å². The zero-order valence-electron chi connectivity index (χ0n) is 28.5. The number of rotatable bonds is 15. The van der Waals surface area contributed by atoms with Gasteiger partial charge in [-0.1, -0.05) is 25.7 Å². The summed E-state index contributed by atoms with van der Waals surface area (Å²) in [6.07, 6.45) is 5.39. The molecule has 13 heteroatoms. The van der Waals surface area contributed by atoms with Crippen LogP contribution in [-0.4, -0.2) is 53.7 Å². The van der Waals surface area contributed by atoms with Crippen molar-refractivity contribution in [1.82, 2.24) is 14.9 Å². The molecule has 1 atom stereocenters. The molecule has 1 unspecified atom stereocenters. The van der Waals surface area contributed by atoms with Crippen LogP contribution in [0.25, 0.3) is 22.2 Å². The molecule has 1 aliphatic carbocycles. The fourth-order valence-corrected chi connectivity index (χ4v) is 6.42. The normalized spacial score (nSPS) is 13.7. The molecule has 1 aliphatic rings. The first-order valence-corrected chi connectivity index (χ1v) is 20.6. The summed E-state index contributed by atoms with van der Waals surface area (Å²) in [5, 5.41) is 26.1. The van der Waals surface area contributed by atoms with E-state index >= 15 is 8.78 Å². The van der Waals surface area contributed by atoms with Crippen molar-refractivity contribution in [3.8, 4) is 34.4 Å². The molecule has 49 heavy (non-hydrogen) atoms. The van der Waals surface area contributed by atoms with Crippen molar-refractivity contribution < 1.29 is 28.1 Å². The maximum absolute atomic E-state index is 15.5. The lowest BCUT2D eigenvalue weighted by molar-refractivity contribution is 0.0899. The van der Waals surface area contributed by atoms with Gasteiger partial charge in [-0.05, 0) is 74.6 Å². The maximum atomic E-state index is 15.5. The number of aromatic nitrogens is 2. The standard InChI is InChI=1S/C36H43F2N5O4SSi/c1-22(2)46-31-9-8-24(14-25(31)17-39)28-19-43(21-45-12-13-49(3,4)5)35-33(28)32(10-11-40-35)47-34-29(37)15-27(16-30(34)38)42-36(48)41-18-26(20-44)23-6-7-23/h8-11,14-16,19,22-23,26,44H,6-7,12-13,18,20-21H2,1-5H3,(H2,41,42,48). The first-order valence-electron chi connectivity index (χ1n) is 16.5. The van der Waals surface area contributed by atoms with Gasteiger partial charge in [-0.15, -0.1) is 0 Å². The van der Waals surface area contributed by atoms with E-state index in [1.807, 2.05) is 30.7 Å². The van der Waals surface area contributed by atoms with E-state index in [1.54, 1.807) is 18.2 Å². The largest absolute Gasteiger partial charge is 0.490 e. The van der Waals surface area contributed by atoms with Gasteiger partial charge in [-0.25, -0.2) is 13.8 Å². The Morgan fingerprint density at radius 3 is 2.51 bits per heavy atom. The van der Waals surface area contributed by atoms with Gasteiger partial charge in [0.2, 0.25) is 0 Å². The van der Waals surface area contributed by atoms with Crippen molar-refractivity contribution in [2.45, 2.75) is 65.2 Å². The van der Waals surface area contributed by atoms with E-state index in [9.17, 15) is 10.4 Å². The minimum atomic E-state index is -1.32. The lowest BCUT2D eigenvalue weighted by Gasteiger charge is -2.17. The number of aliphatic hydroxyl groups is 1. The molecule has 0 amide bonds. The number of fused-ring (bicyclic) bond motifs is 1. The highest BCUT2D eigenvalue weighted by molar-refractivity contribution is 7.80. The molecule has 260 valence electrons. The van der Waals surface area contributed by atoms with Crippen LogP contribution in [0.2, 0.25) is 25.7 Å². The number of benzene rings is 2. The van der Waals surface area contributed by atoms with E-state index in [2.05, 4.69) is 41.3 Å². The third-order valence-electron chi connectivity index (χ3n) is 8.24. The molecule has 3 N–H and O–H groups in total. The van der Waals surface area contributed by atoms with E-state index in [0.717, 1.165) is 31.0 Å². The highest BCUT2D eigenvalue weighted by Gasteiger charge is 2.30. The Hall–Kier alpha value is -4.09. The molecule has 0 aliphatic heterocycles. The van der Waals surface area contributed by atoms with Crippen molar-refractivity contribution >= 4 is 42.1 Å². The smallest absolute Gasteiger partial charge is 0.198 e. The van der Waals surface area contributed by atoms with Crippen molar-refractivity contribution in [3.05, 3.63) is 66.0 Å². The third-order valence-corrected chi connectivity index (χ3v) is 10.2. The molecule has 1 saturated carbocycles. The van der Waals surface area contributed by atoms with E-state index in [1.165, 1.54) is 6.20 Å². The number of aliphatic hydroxyl groups excluding tert-OH is 1. The zero-order valence-corrected chi connectivity index (χ0v) is 30.3. The van der Waals surface area contributed by atoms with Crippen LogP contribution in [0.5, 0.6) is 17.2 Å². The fourth-order valence-electron chi connectivity index (χ4n) is 5.46. The number of halogens is 2. The summed E-state index contributed by atoms with van der Waals surface area (Å²) >= 11 is 5.33. The SMILES string of the molecule is CC(C)Oc1ccc(-c2cn(COCC[Si](C)(C)C)c3nccc(Oc4c(F)cc(NC(=S)NCC(CO)C5CC5)cc4F)c23)cc1C#N. The van der Waals surface area contributed by atoms with Gasteiger partial charge in [0, 0.05) is 69.5 Å². The van der Waals surface area contributed by atoms with Crippen LogP contribution in [0, 0.1) is 34.8 Å². The number of anilines is 1. The summed E-state index contributed by atoms with van der Waals surface area (Å²) in [5.74, 6) is -1.27. The Morgan fingerprint density at radius 2 is 1.88 bits per heavy atom. The molecular formula is C36H43F2N5O4SSi. The molecule has 0 radical (unpaired) electrons. The second-order valence-corrected chi connectivity index (χ2v) is 19.9. The highest BCUT2D eigenvalue weighted by atomic mass is 32.1. The Bertz CT molecular complexity index is 1830. The summed E-state index contributed by atoms with van der Waals surface area (Å²) in [5.41, 5.74) is 2.26. The number of nitriles is 1. The fraction of sp³-hybridized carbons (Fsp3) is 0.417. The summed E-state index contributed by atoms with van der Waals surface area (Å²) in [7, 11) is -1.32. The second kappa shape index (κ2) is 15.6. The molecule has 2 aromatic heterocycles. The summed E-state index contributed by atoms with van der Waals surface area (Å²) in [4.78, 5) is 4.59. The molecule has 1 fully saturated rings. The van der Waals surface area contributed by atoms with Gasteiger partial charge in [0.25, 0.3) is 0 Å². The molecule has 5 rings (SSSR count). The van der Waals surface area contributed by atoms with Crippen LogP contribution < -0.4 is 20.1 Å². The van der Waals surface area contributed by atoms with Crippen LogP contribution in [0.1, 0.15) is 32.3 Å². The number of hydrogen-bond donors (Lipinski definition) is 3. The van der Waals surface area contributed by atoms with Gasteiger partial charge < -0.3 is 34.5 Å². The van der Waals surface area contributed by atoms with Crippen molar-refractivity contribution in [2.75, 3.05) is 25.1 Å². The topological polar surface area (TPSA) is 114 Å². The number of nitrogens with one attached hydrogen (secondary N) is 2. The molecule has 2 heterocycles. The Morgan fingerprint density at radius 1 is 1.14 bits per heavy atom. The quantitative estimate of drug-likeness (QED) is 0.0642. The number of thiocarbonyl (C=S) groups is 1. The van der Waals surface area contributed by atoms with Crippen LogP contribution >= 0.6 is 12.2 Å². The Kier molecular flexibility index (Phi) is 11.5. The maximum Gasteiger partial charge on any atom is 0.198 e. The average Bonchev–Trinajstić information content (AvgIpc) is 3.81. The molecule has 0 saturated heterocycles. The monoisotopic (exact) mass is 707 g/mol. The highest BCUT2D eigenvalue weighted by Crippen LogP contribution is 2.41. The number of hydrogen-bond acceptors (Lipinski definition) is 7. The van der Waals surface area contributed by atoms with Gasteiger partial charge >= 0.3 is 0 Å². The van der Waals surface area contributed by atoms with Crippen LogP contribution in [0.15, 0.2) is 48.8 Å². The molecule has 0 bridgehead atoms. The summed E-state index contributed by atoms with van der Waals surface area (Å²) in [6, 6.07) is 12.2. The van der Waals surface area contributed by atoms with Crippen LogP contribution in [0.4, 0.5) is 14.5 Å².